The summed E-state index contributed by atoms with van der Waals surface area (Å²) in [4.78, 5) is 18.6. The van der Waals surface area contributed by atoms with E-state index in [4.69, 9.17) is 16.6 Å². The second-order valence-corrected chi connectivity index (χ2v) is 8.52. The van der Waals surface area contributed by atoms with Crippen molar-refractivity contribution < 1.29 is 0 Å². The number of nitrogens with zero attached hydrogens (tertiary/aromatic N) is 4. The Morgan fingerprint density at radius 1 is 0.794 bits per heavy atom. The van der Waals surface area contributed by atoms with Gasteiger partial charge in [-0.3, -0.25) is 9.36 Å². The van der Waals surface area contributed by atoms with Crippen molar-refractivity contribution in [1.29, 1.82) is 0 Å². The van der Waals surface area contributed by atoms with Crippen molar-refractivity contribution in [1.82, 2.24) is 9.55 Å². The second kappa shape index (κ2) is 9.04. The molecular weight excluding hydrogens is 444 g/mol. The number of aryl methyl sites for hydroxylation is 2. The van der Waals surface area contributed by atoms with Gasteiger partial charge in [-0.2, -0.15) is 10.2 Å². The molecule has 1 aromatic heterocycles. The van der Waals surface area contributed by atoms with Gasteiger partial charge < -0.3 is 0 Å². The van der Waals surface area contributed by atoms with E-state index in [1.54, 1.807) is 28.8 Å². The number of halogens is 1. The van der Waals surface area contributed by atoms with Crippen LogP contribution in [0.15, 0.2) is 106 Å². The number of benzene rings is 4. The fraction of sp³-hybridized carbons (Fsp3) is 0.0714. The van der Waals surface area contributed by atoms with Gasteiger partial charge >= 0.3 is 0 Å². The van der Waals surface area contributed by atoms with Crippen molar-refractivity contribution in [3.63, 3.8) is 0 Å². The first-order valence-electron chi connectivity index (χ1n) is 10.9. The van der Waals surface area contributed by atoms with Gasteiger partial charge in [0.25, 0.3) is 5.56 Å². The van der Waals surface area contributed by atoms with E-state index < -0.39 is 0 Å². The molecule has 34 heavy (non-hydrogen) atoms. The van der Waals surface area contributed by atoms with Crippen molar-refractivity contribution in [2.75, 3.05) is 0 Å². The zero-order chi connectivity index (χ0) is 23.7. The maximum Gasteiger partial charge on any atom is 0.266 e. The number of aromatic nitrogens is 2. The molecular formula is C28H21ClN4O. The van der Waals surface area contributed by atoms with E-state index in [2.05, 4.69) is 10.2 Å². The van der Waals surface area contributed by atoms with Crippen molar-refractivity contribution in [2.24, 2.45) is 10.2 Å². The minimum Gasteiger partial charge on any atom is -0.268 e. The molecule has 0 aliphatic heterocycles. The number of fused-ring (bicyclic) bond motifs is 1. The van der Waals surface area contributed by atoms with Crippen LogP contribution in [0.1, 0.15) is 11.1 Å². The van der Waals surface area contributed by atoms with Crippen LogP contribution < -0.4 is 5.56 Å². The van der Waals surface area contributed by atoms with Gasteiger partial charge in [0.05, 0.1) is 28.0 Å². The van der Waals surface area contributed by atoms with Gasteiger partial charge in [-0.25, -0.2) is 4.98 Å². The second-order valence-electron chi connectivity index (χ2n) is 8.11. The van der Waals surface area contributed by atoms with Gasteiger partial charge in [-0.05, 0) is 61.9 Å². The molecule has 5 nitrogen and oxygen atoms in total. The van der Waals surface area contributed by atoms with Gasteiger partial charge in [-0.15, -0.1) is 0 Å². The summed E-state index contributed by atoms with van der Waals surface area (Å²) in [5, 5.41) is 9.71. The van der Waals surface area contributed by atoms with Crippen LogP contribution in [0, 0.1) is 13.8 Å². The maximum atomic E-state index is 13.7. The monoisotopic (exact) mass is 464 g/mol. The normalized spacial score (nSPS) is 11.4. The van der Waals surface area contributed by atoms with E-state index >= 15 is 0 Å². The Morgan fingerprint density at radius 2 is 1.47 bits per heavy atom. The van der Waals surface area contributed by atoms with Gasteiger partial charge in [0.2, 0.25) is 0 Å². The average molecular weight is 465 g/mol. The fourth-order valence-corrected chi connectivity index (χ4v) is 3.88. The Kier molecular flexibility index (Phi) is 5.78. The molecule has 0 aliphatic rings. The maximum absolute atomic E-state index is 13.7. The number of azo groups is 1. The molecule has 5 rings (SSSR count). The minimum absolute atomic E-state index is 0.164. The van der Waals surface area contributed by atoms with E-state index in [1.807, 2.05) is 80.6 Å². The number of rotatable bonds is 4. The third-order valence-corrected chi connectivity index (χ3v) is 6.02. The van der Waals surface area contributed by atoms with E-state index in [0.717, 1.165) is 22.4 Å². The highest BCUT2D eigenvalue weighted by atomic mass is 35.5. The van der Waals surface area contributed by atoms with Crippen LogP contribution in [0.5, 0.6) is 0 Å². The fourth-order valence-electron chi connectivity index (χ4n) is 3.71. The number of hydrogen-bond donors (Lipinski definition) is 0. The summed E-state index contributed by atoms with van der Waals surface area (Å²) in [5.74, 6) is 0.589. The van der Waals surface area contributed by atoms with Gasteiger partial charge in [0.15, 0.2) is 0 Å². The highest BCUT2D eigenvalue weighted by Crippen LogP contribution is 2.27. The highest BCUT2D eigenvalue weighted by molar-refractivity contribution is 6.31. The molecule has 0 fully saturated rings. The van der Waals surface area contributed by atoms with Crippen LogP contribution in [0.4, 0.5) is 11.4 Å². The average Bonchev–Trinajstić information content (AvgIpc) is 2.86. The van der Waals surface area contributed by atoms with Crippen molar-refractivity contribution >= 4 is 33.9 Å². The Balaban J connectivity index is 1.67. The molecule has 0 atom stereocenters. The first-order valence-corrected chi connectivity index (χ1v) is 11.2. The van der Waals surface area contributed by atoms with Crippen LogP contribution >= 0.6 is 11.6 Å². The summed E-state index contributed by atoms with van der Waals surface area (Å²) < 4.78 is 1.65. The Bertz CT molecular complexity index is 1590. The van der Waals surface area contributed by atoms with Crippen LogP contribution in [-0.2, 0) is 0 Å². The Labute approximate surface area is 202 Å². The summed E-state index contributed by atoms with van der Waals surface area (Å²) in [6, 6.07) is 28.4. The predicted molar refractivity (Wildman–Crippen MR) is 138 cm³/mol. The van der Waals surface area contributed by atoms with Crippen LogP contribution in [0.3, 0.4) is 0 Å². The Hall–Kier alpha value is -4.09. The highest BCUT2D eigenvalue weighted by Gasteiger charge is 2.15. The van der Waals surface area contributed by atoms with Crippen molar-refractivity contribution in [3.05, 3.63) is 117 Å². The summed E-state index contributed by atoms with van der Waals surface area (Å²) in [6.45, 7) is 3.95. The van der Waals surface area contributed by atoms with Gasteiger partial charge in [0, 0.05) is 10.6 Å². The molecule has 0 N–H and O–H groups in total. The van der Waals surface area contributed by atoms with Crippen LogP contribution in [0.2, 0.25) is 5.02 Å². The third kappa shape index (κ3) is 4.26. The molecule has 0 unspecified atom stereocenters. The SMILES string of the molecule is Cc1ccc(-n2c(-c3ccccc3)nc3ccc(N=Nc4ccc(C)c(Cl)c4)cc3c2=O)cc1. The Morgan fingerprint density at radius 3 is 2.18 bits per heavy atom. The van der Waals surface area contributed by atoms with Crippen molar-refractivity contribution in [3.8, 4) is 17.1 Å². The van der Waals surface area contributed by atoms with E-state index in [1.165, 1.54) is 0 Å². The molecule has 166 valence electrons. The lowest BCUT2D eigenvalue weighted by Crippen LogP contribution is -2.22. The number of hydrogen-bond acceptors (Lipinski definition) is 4. The summed E-state index contributed by atoms with van der Waals surface area (Å²) in [7, 11) is 0. The zero-order valence-electron chi connectivity index (χ0n) is 18.7. The molecule has 0 radical (unpaired) electrons. The van der Waals surface area contributed by atoms with Crippen molar-refractivity contribution in [2.45, 2.75) is 13.8 Å². The van der Waals surface area contributed by atoms with Gasteiger partial charge in [0.1, 0.15) is 5.82 Å². The molecule has 6 heteroatoms. The molecule has 0 saturated carbocycles. The zero-order valence-corrected chi connectivity index (χ0v) is 19.5. The molecule has 0 amide bonds. The molecule has 0 saturated heterocycles. The standard InChI is InChI=1S/C28H21ClN4O/c1-18-8-13-23(14-9-18)33-27(20-6-4-3-5-7-20)30-26-15-12-21(16-24(26)28(33)34)31-32-22-11-10-19(2)25(29)17-22/h3-17H,1-2H3. The van der Waals surface area contributed by atoms with E-state index in [0.29, 0.717) is 33.1 Å². The van der Waals surface area contributed by atoms with E-state index in [9.17, 15) is 4.79 Å². The lowest BCUT2D eigenvalue weighted by atomic mass is 10.1. The lowest BCUT2D eigenvalue weighted by molar-refractivity contribution is 0.974. The third-order valence-electron chi connectivity index (χ3n) is 5.61. The smallest absolute Gasteiger partial charge is 0.266 e. The lowest BCUT2D eigenvalue weighted by Gasteiger charge is -2.14. The molecule has 1 heterocycles. The van der Waals surface area contributed by atoms with Crippen LogP contribution in [0.25, 0.3) is 28.0 Å². The predicted octanol–water partition coefficient (Wildman–Crippen LogP) is 7.74. The summed E-state index contributed by atoms with van der Waals surface area (Å²) >= 11 is 6.19. The van der Waals surface area contributed by atoms with E-state index in [-0.39, 0.29) is 5.56 Å². The molecule has 4 aromatic carbocycles. The van der Waals surface area contributed by atoms with Gasteiger partial charge in [-0.1, -0.05) is 65.7 Å². The minimum atomic E-state index is -0.164. The molecule has 0 bridgehead atoms. The van der Waals surface area contributed by atoms with Crippen LogP contribution in [-0.4, -0.2) is 9.55 Å². The quantitative estimate of drug-likeness (QED) is 0.255. The molecule has 0 spiro atoms. The topological polar surface area (TPSA) is 59.6 Å². The summed E-state index contributed by atoms with van der Waals surface area (Å²) in [6.07, 6.45) is 0. The first-order chi connectivity index (χ1) is 16.5. The molecule has 5 aromatic rings. The summed E-state index contributed by atoms with van der Waals surface area (Å²) in [5.41, 5.74) is 5.35. The molecule has 0 aliphatic carbocycles. The largest absolute Gasteiger partial charge is 0.268 e. The first kappa shape index (κ1) is 21.7.